The average Bonchev–Trinajstić information content (AvgIpc) is 3.34. The number of amides is 1. The van der Waals surface area contributed by atoms with Crippen molar-refractivity contribution >= 4 is 5.91 Å². The highest BCUT2D eigenvalue weighted by atomic mass is 19.4. The Balaban J connectivity index is 2.07. The lowest BCUT2D eigenvalue weighted by molar-refractivity contribution is -0.137. The van der Waals surface area contributed by atoms with Crippen LogP contribution in [-0.4, -0.2) is 32.6 Å². The number of hydrogen-bond acceptors (Lipinski definition) is 3. The second-order valence-corrected chi connectivity index (χ2v) is 10.1. The molecule has 6 nitrogen and oxygen atoms in total. The molecule has 34 heavy (non-hydrogen) atoms. The van der Waals surface area contributed by atoms with Crippen molar-refractivity contribution in [2.45, 2.75) is 77.6 Å². The van der Waals surface area contributed by atoms with Crippen LogP contribution in [0.4, 0.5) is 13.2 Å². The smallest absolute Gasteiger partial charge is 0.416 e. The fourth-order valence-electron chi connectivity index (χ4n) is 4.30. The third kappa shape index (κ3) is 6.31. The molecule has 0 atom stereocenters. The summed E-state index contributed by atoms with van der Waals surface area (Å²) < 4.78 is 49.6. The summed E-state index contributed by atoms with van der Waals surface area (Å²) in [6, 6.07) is 4.55. The fraction of sp³-hybridized carbons (Fsp3) is 0.600. The molecule has 1 aliphatic carbocycles. The van der Waals surface area contributed by atoms with E-state index in [1.165, 1.54) is 26.7 Å². The van der Waals surface area contributed by atoms with Crippen molar-refractivity contribution in [3.8, 4) is 5.75 Å². The molecule has 0 aliphatic heterocycles. The van der Waals surface area contributed by atoms with E-state index in [4.69, 9.17) is 4.74 Å². The molecule has 2 aromatic rings. The first-order chi connectivity index (χ1) is 15.8. The lowest BCUT2D eigenvalue weighted by Gasteiger charge is -2.19. The Hall–Kier alpha value is -2.55. The van der Waals surface area contributed by atoms with Gasteiger partial charge in [0.25, 0.3) is 5.91 Å². The second kappa shape index (κ2) is 9.98. The molecule has 1 N–H and O–H groups in total. The number of aliphatic hydroxyl groups is 1. The number of rotatable bonds is 7. The zero-order valence-corrected chi connectivity index (χ0v) is 20.4. The molecule has 1 saturated carbocycles. The van der Waals surface area contributed by atoms with Gasteiger partial charge >= 0.3 is 6.18 Å². The molecule has 0 bridgehead atoms. The molecule has 0 saturated heterocycles. The quantitative estimate of drug-likeness (QED) is 0.602. The van der Waals surface area contributed by atoms with Crippen LogP contribution in [0.2, 0.25) is 0 Å². The van der Waals surface area contributed by atoms with Gasteiger partial charge in [0.1, 0.15) is 12.4 Å². The Bertz CT molecular complexity index is 1090. The van der Waals surface area contributed by atoms with Gasteiger partial charge in [-0.3, -0.25) is 14.2 Å². The van der Waals surface area contributed by atoms with Crippen molar-refractivity contribution in [2.75, 3.05) is 6.61 Å². The summed E-state index contributed by atoms with van der Waals surface area (Å²) >= 11 is 0. The number of carbonyl (C=O) groups is 1. The molecule has 1 heterocycles. The molecule has 0 unspecified atom stereocenters. The van der Waals surface area contributed by atoms with Gasteiger partial charge in [-0.25, -0.2) is 0 Å². The number of benzene rings is 1. The van der Waals surface area contributed by atoms with Crippen molar-refractivity contribution in [1.82, 2.24) is 9.36 Å². The third-order valence-electron chi connectivity index (χ3n) is 6.11. The van der Waals surface area contributed by atoms with Crippen molar-refractivity contribution in [2.24, 2.45) is 18.0 Å². The topological polar surface area (TPSA) is 68.8 Å². The van der Waals surface area contributed by atoms with E-state index in [0.29, 0.717) is 18.0 Å². The third-order valence-corrected chi connectivity index (χ3v) is 6.11. The molecule has 3 rings (SSSR count). The SMILES string of the molecule is CC(C)c1cc(=NC(=O)c2cc(C(F)(F)F)ccc2OCC(C)(C)O)n(CC2CCCC2)n1C. The van der Waals surface area contributed by atoms with E-state index in [9.17, 15) is 23.1 Å². The first-order valence-electron chi connectivity index (χ1n) is 11.7. The highest BCUT2D eigenvalue weighted by Gasteiger charge is 2.32. The van der Waals surface area contributed by atoms with Crippen LogP contribution in [0.5, 0.6) is 5.75 Å². The van der Waals surface area contributed by atoms with Crippen LogP contribution < -0.4 is 10.2 Å². The number of ether oxygens (including phenoxy) is 1. The minimum atomic E-state index is -4.62. The van der Waals surface area contributed by atoms with Gasteiger partial charge < -0.3 is 9.84 Å². The predicted molar refractivity (Wildman–Crippen MR) is 123 cm³/mol. The maximum Gasteiger partial charge on any atom is 0.416 e. The number of carbonyl (C=O) groups excluding carboxylic acids is 1. The number of nitrogens with zero attached hydrogens (tertiary/aromatic N) is 3. The maximum atomic E-state index is 13.4. The molecule has 1 fully saturated rings. The Kier molecular flexibility index (Phi) is 7.65. The Labute approximate surface area is 198 Å². The Morgan fingerprint density at radius 3 is 2.41 bits per heavy atom. The van der Waals surface area contributed by atoms with Gasteiger partial charge in [-0.05, 0) is 56.7 Å². The van der Waals surface area contributed by atoms with Crippen LogP contribution in [0.3, 0.4) is 0 Å². The summed E-state index contributed by atoms with van der Waals surface area (Å²) in [5, 5.41) is 9.97. The number of halogens is 3. The van der Waals surface area contributed by atoms with E-state index in [-0.39, 0.29) is 23.8 Å². The highest BCUT2D eigenvalue weighted by Crippen LogP contribution is 2.33. The van der Waals surface area contributed by atoms with E-state index in [1.807, 2.05) is 36.3 Å². The molecule has 1 aliphatic rings. The summed E-state index contributed by atoms with van der Waals surface area (Å²) in [5.41, 5.74) is -1.09. The van der Waals surface area contributed by atoms with Crippen molar-refractivity contribution < 1.29 is 27.8 Å². The summed E-state index contributed by atoms with van der Waals surface area (Å²) in [6.45, 7) is 7.59. The summed E-state index contributed by atoms with van der Waals surface area (Å²) in [5.74, 6) is -0.218. The molecular formula is C25H34F3N3O3. The van der Waals surface area contributed by atoms with Gasteiger partial charge in [-0.1, -0.05) is 26.7 Å². The first-order valence-corrected chi connectivity index (χ1v) is 11.7. The van der Waals surface area contributed by atoms with E-state index >= 15 is 0 Å². The van der Waals surface area contributed by atoms with Crippen LogP contribution in [0.15, 0.2) is 29.3 Å². The minimum absolute atomic E-state index is 0.0498. The van der Waals surface area contributed by atoms with Crippen LogP contribution in [0.1, 0.15) is 80.9 Å². The maximum absolute atomic E-state index is 13.4. The summed E-state index contributed by atoms with van der Waals surface area (Å²) in [7, 11) is 1.91. The standard InChI is InChI=1S/C25H34F3N3O3/c1-16(2)20-13-22(31(30(20)5)14-17-8-6-7-9-17)29-23(32)19-12-18(25(26,27)28)10-11-21(19)34-15-24(3,4)33/h10-13,16-17,33H,6-9,14-15H2,1-5H3. The minimum Gasteiger partial charge on any atom is -0.490 e. The molecule has 1 aromatic heterocycles. The van der Waals surface area contributed by atoms with E-state index in [0.717, 1.165) is 36.7 Å². The number of hydrogen-bond donors (Lipinski definition) is 1. The van der Waals surface area contributed by atoms with Gasteiger partial charge in [0, 0.05) is 25.4 Å². The number of aromatic nitrogens is 2. The van der Waals surface area contributed by atoms with Crippen molar-refractivity contribution in [3.63, 3.8) is 0 Å². The van der Waals surface area contributed by atoms with E-state index < -0.39 is 23.2 Å². The van der Waals surface area contributed by atoms with Crippen LogP contribution >= 0.6 is 0 Å². The molecule has 9 heteroatoms. The van der Waals surface area contributed by atoms with Crippen LogP contribution in [-0.2, 0) is 19.8 Å². The second-order valence-electron chi connectivity index (χ2n) is 10.1. The highest BCUT2D eigenvalue weighted by molar-refractivity contribution is 5.97. The predicted octanol–water partition coefficient (Wildman–Crippen LogP) is 5.05. The van der Waals surface area contributed by atoms with Gasteiger partial charge in [0.2, 0.25) is 0 Å². The van der Waals surface area contributed by atoms with Gasteiger partial charge in [-0.2, -0.15) is 18.2 Å². The first kappa shape index (κ1) is 26.1. The van der Waals surface area contributed by atoms with E-state index in [2.05, 4.69) is 4.99 Å². The molecule has 0 radical (unpaired) electrons. The fourth-order valence-corrected chi connectivity index (χ4v) is 4.30. The van der Waals surface area contributed by atoms with Crippen molar-refractivity contribution in [1.29, 1.82) is 0 Å². The molecule has 1 aromatic carbocycles. The lowest BCUT2D eigenvalue weighted by atomic mass is 10.1. The van der Waals surface area contributed by atoms with Gasteiger partial charge in [-0.15, -0.1) is 0 Å². The Morgan fingerprint density at radius 1 is 1.21 bits per heavy atom. The monoisotopic (exact) mass is 481 g/mol. The average molecular weight is 482 g/mol. The van der Waals surface area contributed by atoms with Gasteiger partial charge in [0.05, 0.1) is 16.7 Å². The lowest BCUT2D eigenvalue weighted by Crippen LogP contribution is -2.29. The molecule has 1 amide bonds. The van der Waals surface area contributed by atoms with Crippen LogP contribution in [0, 0.1) is 5.92 Å². The normalized spacial score (nSPS) is 16.0. The molecular weight excluding hydrogens is 447 g/mol. The zero-order chi connectivity index (χ0) is 25.3. The van der Waals surface area contributed by atoms with E-state index in [1.54, 1.807) is 0 Å². The summed E-state index contributed by atoms with van der Waals surface area (Å²) in [6.07, 6.45) is -0.0749. The van der Waals surface area contributed by atoms with Crippen LogP contribution in [0.25, 0.3) is 0 Å². The summed E-state index contributed by atoms with van der Waals surface area (Å²) in [4.78, 5) is 17.5. The molecule has 0 spiro atoms. The zero-order valence-electron chi connectivity index (χ0n) is 20.4. The number of alkyl halides is 3. The largest absolute Gasteiger partial charge is 0.490 e. The van der Waals surface area contributed by atoms with Crippen molar-refractivity contribution in [3.05, 3.63) is 46.6 Å². The molecule has 188 valence electrons. The van der Waals surface area contributed by atoms with Gasteiger partial charge in [0.15, 0.2) is 5.49 Å². The Morgan fingerprint density at radius 2 is 1.85 bits per heavy atom.